The third-order valence-electron chi connectivity index (χ3n) is 4.04. The molecule has 0 radical (unpaired) electrons. The molecule has 0 fully saturated rings. The fourth-order valence-corrected chi connectivity index (χ4v) is 2.98. The van der Waals surface area contributed by atoms with Crippen molar-refractivity contribution in [2.45, 2.75) is 5.62 Å². The van der Waals surface area contributed by atoms with Crippen molar-refractivity contribution in [1.82, 2.24) is 0 Å². The van der Waals surface area contributed by atoms with Gasteiger partial charge >= 0.3 is 0 Å². The lowest BCUT2D eigenvalue weighted by Crippen LogP contribution is -2.31. The summed E-state index contributed by atoms with van der Waals surface area (Å²) in [5, 5.41) is 0. The number of anilines is 1. The molecule has 4 heteroatoms. The minimum absolute atomic E-state index is 0.461. The van der Waals surface area contributed by atoms with E-state index in [0.29, 0.717) is 0 Å². The Labute approximate surface area is 139 Å². The summed E-state index contributed by atoms with van der Waals surface area (Å²) in [5.41, 5.74) is 4.79. The second kappa shape index (κ2) is 5.60. The third-order valence-corrected chi connectivity index (χ3v) is 4.43. The van der Waals surface area contributed by atoms with Crippen LogP contribution < -0.4 is 4.90 Å². The normalized spacial score (nSPS) is 16.9. The molecule has 1 aliphatic rings. The molecule has 1 unspecified atom stereocenters. The van der Waals surface area contributed by atoms with Crippen LogP contribution in [0, 0.1) is 0 Å². The molecule has 4 rings (SSSR count). The summed E-state index contributed by atoms with van der Waals surface area (Å²) >= 11 is 6.30. The van der Waals surface area contributed by atoms with Crippen molar-refractivity contribution in [3.05, 3.63) is 78.1 Å². The lowest BCUT2D eigenvalue weighted by molar-refractivity contribution is 0.548. The lowest BCUT2D eigenvalue weighted by Gasteiger charge is -2.26. The van der Waals surface area contributed by atoms with E-state index in [1.165, 1.54) is 11.1 Å². The smallest absolute Gasteiger partial charge is 0.207 e. The molecule has 0 bridgehead atoms. The van der Waals surface area contributed by atoms with Crippen molar-refractivity contribution < 1.29 is 4.42 Å². The van der Waals surface area contributed by atoms with Crippen LogP contribution in [0.15, 0.2) is 76.3 Å². The number of rotatable bonds is 2. The zero-order valence-electron chi connectivity index (χ0n) is 12.6. The van der Waals surface area contributed by atoms with Crippen molar-refractivity contribution in [1.29, 1.82) is 0 Å². The number of halogens is 1. The molecule has 0 amide bonds. The largest absolute Gasteiger partial charge is 0.448 e. The Morgan fingerprint density at radius 3 is 2.30 bits per heavy atom. The van der Waals surface area contributed by atoms with E-state index in [-0.39, 0.29) is 0 Å². The highest BCUT2D eigenvalue weighted by Crippen LogP contribution is 2.32. The second-order valence-electron chi connectivity index (χ2n) is 5.48. The van der Waals surface area contributed by atoms with Crippen LogP contribution in [0.4, 0.5) is 5.88 Å². The van der Waals surface area contributed by atoms with Crippen LogP contribution in [-0.2, 0) is 0 Å². The Balaban J connectivity index is 1.73. The lowest BCUT2D eigenvalue weighted by atomic mass is 9.99. The van der Waals surface area contributed by atoms with E-state index < -0.39 is 5.62 Å². The van der Waals surface area contributed by atoms with Crippen LogP contribution in [0.5, 0.6) is 0 Å². The molecule has 23 heavy (non-hydrogen) atoms. The van der Waals surface area contributed by atoms with Crippen molar-refractivity contribution in [2.75, 3.05) is 11.9 Å². The summed E-state index contributed by atoms with van der Waals surface area (Å²) in [6.07, 6.45) is 1.67. The van der Waals surface area contributed by atoms with Crippen LogP contribution in [0.1, 0.15) is 11.1 Å². The number of hydrogen-bond donors (Lipinski definition) is 0. The number of aliphatic imine (C=N–C) groups is 1. The molecule has 0 saturated heterocycles. The maximum Gasteiger partial charge on any atom is 0.207 e. The van der Waals surface area contributed by atoms with E-state index in [9.17, 15) is 0 Å². The van der Waals surface area contributed by atoms with Gasteiger partial charge in [0.05, 0.1) is 17.5 Å². The van der Waals surface area contributed by atoms with Crippen molar-refractivity contribution in [2.24, 2.45) is 4.99 Å². The van der Waals surface area contributed by atoms with Crippen LogP contribution >= 0.6 is 11.6 Å². The standard InChI is InChI=1S/C19H15ClN2O/c1-22-18-16(11-12-23-18)17(21-19(22)20)15-9-7-14(8-10-15)13-5-3-2-4-6-13/h2-12,19H,1H3. The van der Waals surface area contributed by atoms with Gasteiger partial charge in [-0.2, -0.15) is 0 Å². The van der Waals surface area contributed by atoms with Gasteiger partial charge in [-0.1, -0.05) is 66.2 Å². The molecule has 0 saturated carbocycles. The highest BCUT2D eigenvalue weighted by atomic mass is 35.5. The third kappa shape index (κ3) is 2.43. The number of fused-ring (bicyclic) bond motifs is 1. The number of hydrogen-bond acceptors (Lipinski definition) is 3. The molecule has 0 spiro atoms. The highest BCUT2D eigenvalue weighted by molar-refractivity contribution is 6.26. The SMILES string of the molecule is CN1c2occc2C(c2ccc(-c3ccccc3)cc2)=NC1Cl. The van der Waals surface area contributed by atoms with Gasteiger partial charge in [-0.25, -0.2) is 4.99 Å². The molecule has 0 aliphatic carbocycles. The molecule has 1 atom stereocenters. The topological polar surface area (TPSA) is 28.7 Å². The first-order valence-corrected chi connectivity index (χ1v) is 7.86. The fraction of sp³-hybridized carbons (Fsp3) is 0.105. The fourth-order valence-electron chi connectivity index (χ4n) is 2.80. The molecule has 114 valence electrons. The minimum Gasteiger partial charge on any atom is -0.448 e. The molecule has 1 aromatic heterocycles. The van der Waals surface area contributed by atoms with Gasteiger partial charge in [-0.05, 0) is 17.2 Å². The van der Waals surface area contributed by atoms with Crippen molar-refractivity contribution in [3.8, 4) is 11.1 Å². The zero-order chi connectivity index (χ0) is 15.8. The maximum atomic E-state index is 6.30. The summed E-state index contributed by atoms with van der Waals surface area (Å²) in [5.74, 6) is 0.752. The van der Waals surface area contributed by atoms with Gasteiger partial charge in [0.2, 0.25) is 5.88 Å². The Morgan fingerprint density at radius 2 is 1.57 bits per heavy atom. The maximum absolute atomic E-state index is 6.30. The molecule has 0 N–H and O–H groups in total. The van der Waals surface area contributed by atoms with Gasteiger partial charge in [0.25, 0.3) is 0 Å². The number of nitrogens with zero attached hydrogens (tertiary/aromatic N) is 2. The van der Waals surface area contributed by atoms with E-state index in [1.54, 1.807) is 6.26 Å². The molecule has 3 nitrogen and oxygen atoms in total. The summed E-state index contributed by atoms with van der Waals surface area (Å²) in [4.78, 5) is 6.42. The average molecular weight is 323 g/mol. The first-order chi connectivity index (χ1) is 11.2. The molecular weight excluding hydrogens is 308 g/mol. The van der Waals surface area contributed by atoms with E-state index >= 15 is 0 Å². The second-order valence-corrected chi connectivity index (χ2v) is 5.87. The predicted octanol–water partition coefficient (Wildman–Crippen LogP) is 4.76. The zero-order valence-corrected chi connectivity index (χ0v) is 13.4. The van der Waals surface area contributed by atoms with Crippen molar-refractivity contribution >= 4 is 23.2 Å². The van der Waals surface area contributed by atoms with Crippen LogP contribution in [0.25, 0.3) is 11.1 Å². The minimum atomic E-state index is -0.461. The van der Waals surface area contributed by atoms with Gasteiger partial charge in [0.1, 0.15) is 0 Å². The van der Waals surface area contributed by atoms with Gasteiger partial charge in [-0.3, -0.25) is 0 Å². The molecule has 3 aromatic rings. The number of benzene rings is 2. The highest BCUT2D eigenvalue weighted by Gasteiger charge is 2.27. The summed E-state index contributed by atoms with van der Waals surface area (Å²) in [7, 11) is 1.87. The number of alkyl halides is 1. The van der Waals surface area contributed by atoms with E-state index in [4.69, 9.17) is 16.0 Å². The van der Waals surface area contributed by atoms with Gasteiger partial charge in [-0.15, -0.1) is 0 Å². The van der Waals surface area contributed by atoms with E-state index in [1.807, 2.05) is 36.2 Å². The predicted molar refractivity (Wildman–Crippen MR) is 94.3 cm³/mol. The number of furan rings is 1. The van der Waals surface area contributed by atoms with Crippen LogP contribution in [0.2, 0.25) is 0 Å². The Hall–Kier alpha value is -2.52. The van der Waals surface area contributed by atoms with Crippen LogP contribution in [0.3, 0.4) is 0 Å². The Morgan fingerprint density at radius 1 is 0.913 bits per heavy atom. The molecular formula is C19H15ClN2O. The van der Waals surface area contributed by atoms with Gasteiger partial charge in [0, 0.05) is 12.6 Å². The van der Waals surface area contributed by atoms with Crippen molar-refractivity contribution in [3.63, 3.8) is 0 Å². The molecule has 2 heterocycles. The molecule has 1 aliphatic heterocycles. The van der Waals surface area contributed by atoms with Gasteiger partial charge < -0.3 is 9.32 Å². The van der Waals surface area contributed by atoms with Gasteiger partial charge in [0.15, 0.2) is 5.62 Å². The summed E-state index contributed by atoms with van der Waals surface area (Å²) in [6, 6.07) is 20.6. The summed E-state index contributed by atoms with van der Waals surface area (Å²) < 4.78 is 5.54. The van der Waals surface area contributed by atoms with E-state index in [0.717, 1.165) is 22.7 Å². The quantitative estimate of drug-likeness (QED) is 0.503. The first-order valence-electron chi connectivity index (χ1n) is 7.42. The van der Waals surface area contributed by atoms with Crippen LogP contribution in [-0.4, -0.2) is 18.4 Å². The average Bonchev–Trinajstić information content (AvgIpc) is 3.09. The monoisotopic (exact) mass is 322 g/mol. The Kier molecular flexibility index (Phi) is 3.43. The first kappa shape index (κ1) is 14.1. The molecule has 2 aromatic carbocycles. The van der Waals surface area contributed by atoms with E-state index in [2.05, 4.69) is 41.4 Å². The summed E-state index contributed by atoms with van der Waals surface area (Å²) in [6.45, 7) is 0. The Bertz CT molecular complexity index is 853.